The summed E-state index contributed by atoms with van der Waals surface area (Å²) in [6.07, 6.45) is 7.17. The molecule has 4 heteroatoms. The van der Waals surface area contributed by atoms with Gasteiger partial charge in [0, 0.05) is 23.0 Å². The molecule has 4 rings (SSSR count). The van der Waals surface area contributed by atoms with Crippen molar-refractivity contribution in [3.8, 4) is 0 Å². The first-order chi connectivity index (χ1) is 10.4. The summed E-state index contributed by atoms with van der Waals surface area (Å²) in [6.45, 7) is 0. The lowest BCUT2D eigenvalue weighted by molar-refractivity contribution is 0.336. The third-order valence-electron chi connectivity index (χ3n) is 4.47. The van der Waals surface area contributed by atoms with Crippen LogP contribution in [-0.2, 0) is 0 Å². The summed E-state index contributed by atoms with van der Waals surface area (Å²) >= 11 is 1.87. The largest absolute Gasteiger partial charge is 0.334 e. The van der Waals surface area contributed by atoms with E-state index in [-0.39, 0.29) is 0 Å². The van der Waals surface area contributed by atoms with Gasteiger partial charge >= 0.3 is 0 Å². The lowest BCUT2D eigenvalue weighted by atomic mass is 9.86. The zero-order valence-corrected chi connectivity index (χ0v) is 12.8. The van der Waals surface area contributed by atoms with Crippen LogP contribution >= 0.6 is 11.8 Å². The van der Waals surface area contributed by atoms with Gasteiger partial charge in [0.05, 0.1) is 11.6 Å². The molecule has 0 radical (unpaired) electrons. The molecule has 2 aromatic rings. The lowest BCUT2D eigenvalue weighted by Crippen LogP contribution is -2.31. The predicted molar refractivity (Wildman–Crippen MR) is 91.0 cm³/mol. The van der Waals surface area contributed by atoms with E-state index >= 15 is 0 Å². The van der Waals surface area contributed by atoms with Gasteiger partial charge in [0.15, 0.2) is 5.17 Å². The van der Waals surface area contributed by atoms with Crippen molar-refractivity contribution < 1.29 is 0 Å². The van der Waals surface area contributed by atoms with Crippen LogP contribution in [0.4, 0.5) is 5.69 Å². The number of fused-ring (bicyclic) bond motifs is 2. The predicted octanol–water partition coefficient (Wildman–Crippen LogP) is 4.31. The van der Waals surface area contributed by atoms with Gasteiger partial charge in [-0.25, -0.2) is 0 Å². The van der Waals surface area contributed by atoms with Crippen molar-refractivity contribution in [1.82, 2.24) is 4.98 Å². The van der Waals surface area contributed by atoms with E-state index in [0.717, 1.165) is 27.7 Å². The summed E-state index contributed by atoms with van der Waals surface area (Å²) in [4.78, 5) is 9.37. The van der Waals surface area contributed by atoms with E-state index in [4.69, 9.17) is 4.99 Å². The lowest BCUT2D eigenvalue weighted by Gasteiger charge is -2.32. The van der Waals surface area contributed by atoms with Crippen LogP contribution in [0.25, 0.3) is 10.9 Å². The molecule has 1 saturated carbocycles. The number of benzene rings is 1. The Morgan fingerprint density at radius 3 is 3.05 bits per heavy atom. The molecule has 0 spiro atoms. The highest BCUT2D eigenvalue weighted by Crippen LogP contribution is 2.34. The summed E-state index contributed by atoms with van der Waals surface area (Å²) in [5.74, 6) is 2.00. The zero-order chi connectivity index (χ0) is 14.1. The fourth-order valence-electron chi connectivity index (χ4n) is 3.32. The maximum atomic E-state index is 4.95. The first kappa shape index (κ1) is 13.1. The Balaban J connectivity index is 1.61. The van der Waals surface area contributed by atoms with Crippen LogP contribution in [0.3, 0.4) is 0 Å². The van der Waals surface area contributed by atoms with Crippen molar-refractivity contribution in [2.75, 3.05) is 11.1 Å². The Labute approximate surface area is 129 Å². The molecular weight excluding hydrogens is 278 g/mol. The van der Waals surface area contributed by atoms with Gasteiger partial charge < -0.3 is 5.32 Å². The van der Waals surface area contributed by atoms with Crippen LogP contribution < -0.4 is 5.32 Å². The monoisotopic (exact) mass is 297 g/mol. The SMILES string of the molecule is c1cc(NC2=NC3CCCCC3CS2)c2cccnc2c1. The van der Waals surface area contributed by atoms with E-state index in [1.807, 2.05) is 30.1 Å². The molecule has 1 fully saturated rings. The number of hydrogen-bond donors (Lipinski definition) is 1. The third kappa shape index (κ3) is 2.64. The number of amidine groups is 1. The van der Waals surface area contributed by atoms with Crippen LogP contribution in [0, 0.1) is 5.92 Å². The van der Waals surface area contributed by atoms with Crippen molar-refractivity contribution in [2.24, 2.45) is 10.9 Å². The molecule has 21 heavy (non-hydrogen) atoms. The number of nitrogens with one attached hydrogen (secondary N) is 1. The molecule has 0 bridgehead atoms. The second kappa shape index (κ2) is 5.68. The summed E-state index contributed by atoms with van der Waals surface area (Å²) < 4.78 is 0. The van der Waals surface area contributed by atoms with Gasteiger partial charge in [-0.1, -0.05) is 30.7 Å². The van der Waals surface area contributed by atoms with Crippen molar-refractivity contribution in [3.63, 3.8) is 0 Å². The van der Waals surface area contributed by atoms with E-state index in [1.165, 1.54) is 31.4 Å². The Kier molecular flexibility index (Phi) is 3.55. The molecule has 1 aromatic heterocycles. The second-order valence-corrected chi connectivity index (χ2v) is 6.87. The fraction of sp³-hybridized carbons (Fsp3) is 0.412. The summed E-state index contributed by atoms with van der Waals surface area (Å²) in [6, 6.07) is 10.8. The minimum absolute atomic E-state index is 0.538. The number of anilines is 1. The van der Waals surface area contributed by atoms with Crippen LogP contribution in [0.1, 0.15) is 25.7 Å². The van der Waals surface area contributed by atoms with Gasteiger partial charge in [0.25, 0.3) is 0 Å². The van der Waals surface area contributed by atoms with E-state index in [9.17, 15) is 0 Å². The molecule has 2 atom stereocenters. The standard InChI is InChI=1S/C17H19N3S/c1-2-7-14-12(5-1)11-21-17(19-14)20-16-9-3-8-15-13(16)6-4-10-18-15/h3-4,6,8-10,12,14H,1-2,5,7,11H2,(H,19,20). The van der Waals surface area contributed by atoms with Gasteiger partial charge in [-0.3, -0.25) is 9.98 Å². The number of rotatable bonds is 1. The third-order valence-corrected chi connectivity index (χ3v) is 5.55. The van der Waals surface area contributed by atoms with Gasteiger partial charge in [0.1, 0.15) is 0 Å². The molecule has 2 aliphatic rings. The van der Waals surface area contributed by atoms with Crippen molar-refractivity contribution >= 4 is 33.5 Å². The first-order valence-electron chi connectivity index (χ1n) is 7.71. The van der Waals surface area contributed by atoms with E-state index < -0.39 is 0 Å². The highest BCUT2D eigenvalue weighted by atomic mass is 32.2. The molecule has 1 aliphatic heterocycles. The normalized spacial score (nSPS) is 25.2. The second-order valence-electron chi connectivity index (χ2n) is 5.86. The van der Waals surface area contributed by atoms with Crippen LogP contribution in [0.2, 0.25) is 0 Å². The van der Waals surface area contributed by atoms with Gasteiger partial charge in [0.2, 0.25) is 0 Å². The van der Waals surface area contributed by atoms with Crippen LogP contribution in [0.15, 0.2) is 41.5 Å². The zero-order valence-electron chi connectivity index (χ0n) is 12.0. The van der Waals surface area contributed by atoms with E-state index in [2.05, 4.69) is 28.5 Å². The number of nitrogens with zero attached hydrogens (tertiary/aromatic N) is 2. The van der Waals surface area contributed by atoms with Crippen LogP contribution in [0.5, 0.6) is 0 Å². The Bertz CT molecular complexity index is 677. The minimum Gasteiger partial charge on any atom is -0.334 e. The Hall–Kier alpha value is -1.55. The number of thioether (sulfide) groups is 1. The molecule has 108 valence electrons. The van der Waals surface area contributed by atoms with Crippen LogP contribution in [-0.4, -0.2) is 21.9 Å². The molecule has 0 saturated heterocycles. The molecule has 1 aliphatic carbocycles. The number of aliphatic imine (C=N–C) groups is 1. The van der Waals surface area contributed by atoms with E-state index in [0.29, 0.717) is 6.04 Å². The van der Waals surface area contributed by atoms with Gasteiger partial charge in [-0.05, 0) is 43.0 Å². The summed E-state index contributed by atoms with van der Waals surface area (Å²) in [5.41, 5.74) is 2.14. The van der Waals surface area contributed by atoms with Crippen molar-refractivity contribution in [2.45, 2.75) is 31.7 Å². The Morgan fingerprint density at radius 1 is 1.10 bits per heavy atom. The molecule has 2 unspecified atom stereocenters. The van der Waals surface area contributed by atoms with Gasteiger partial charge in [-0.2, -0.15) is 0 Å². The average molecular weight is 297 g/mol. The summed E-state index contributed by atoms with van der Waals surface area (Å²) in [5, 5.41) is 5.77. The number of aromatic nitrogens is 1. The highest BCUT2D eigenvalue weighted by Gasteiger charge is 2.29. The number of pyridine rings is 1. The molecule has 1 aromatic carbocycles. The molecule has 0 amide bonds. The quantitative estimate of drug-likeness (QED) is 0.852. The maximum absolute atomic E-state index is 4.95. The van der Waals surface area contributed by atoms with Gasteiger partial charge in [-0.15, -0.1) is 0 Å². The fourth-order valence-corrected chi connectivity index (χ4v) is 4.48. The minimum atomic E-state index is 0.538. The average Bonchev–Trinajstić information content (AvgIpc) is 2.55. The van der Waals surface area contributed by atoms with Crippen molar-refractivity contribution in [1.29, 1.82) is 0 Å². The molecule has 2 heterocycles. The molecule has 3 nitrogen and oxygen atoms in total. The topological polar surface area (TPSA) is 37.3 Å². The molecular formula is C17H19N3S. The number of hydrogen-bond acceptors (Lipinski definition) is 4. The molecule has 1 N–H and O–H groups in total. The smallest absolute Gasteiger partial charge is 0.161 e. The highest BCUT2D eigenvalue weighted by molar-refractivity contribution is 8.14. The van der Waals surface area contributed by atoms with E-state index in [1.54, 1.807) is 0 Å². The van der Waals surface area contributed by atoms with Crippen molar-refractivity contribution in [3.05, 3.63) is 36.5 Å². The first-order valence-corrected chi connectivity index (χ1v) is 8.70. The summed E-state index contributed by atoms with van der Waals surface area (Å²) in [7, 11) is 0. The maximum Gasteiger partial charge on any atom is 0.161 e. The Morgan fingerprint density at radius 2 is 2.05 bits per heavy atom.